The number of nitrogens with two attached hydrogens (primary N) is 1. The molecule has 1 atom stereocenters. The van der Waals surface area contributed by atoms with Gasteiger partial charge in [-0.05, 0) is 37.4 Å². The van der Waals surface area contributed by atoms with Gasteiger partial charge < -0.3 is 10.6 Å². The van der Waals surface area contributed by atoms with Crippen molar-refractivity contribution in [1.82, 2.24) is 4.90 Å². The first-order chi connectivity index (χ1) is 7.75. The van der Waals surface area contributed by atoms with E-state index in [1.54, 1.807) is 0 Å². The number of hydrogen-bond acceptors (Lipinski definition) is 2. The zero-order valence-corrected chi connectivity index (χ0v) is 10.1. The molecule has 2 N–H and O–H groups in total. The Labute approximate surface area is 98.4 Å². The summed E-state index contributed by atoms with van der Waals surface area (Å²) in [4.78, 5) is 2.50. The highest BCUT2D eigenvalue weighted by atomic mass is 15.1. The molecule has 1 aromatic carbocycles. The fourth-order valence-electron chi connectivity index (χ4n) is 2.33. The molecule has 0 aliphatic carbocycles. The molecule has 0 amide bonds. The van der Waals surface area contributed by atoms with E-state index in [4.69, 9.17) is 5.73 Å². The molecule has 1 saturated heterocycles. The molecule has 0 bridgehead atoms. The number of rotatable bonds is 3. The predicted molar refractivity (Wildman–Crippen MR) is 68.2 cm³/mol. The van der Waals surface area contributed by atoms with Crippen molar-refractivity contribution >= 4 is 0 Å². The molecule has 16 heavy (non-hydrogen) atoms. The van der Waals surface area contributed by atoms with Gasteiger partial charge in [0.05, 0.1) is 0 Å². The number of piperidine rings is 1. The largest absolute Gasteiger partial charge is 0.323 e. The predicted octanol–water partition coefficient (Wildman–Crippen LogP) is 2.42. The van der Waals surface area contributed by atoms with E-state index >= 15 is 0 Å². The quantitative estimate of drug-likeness (QED) is 0.844. The van der Waals surface area contributed by atoms with Gasteiger partial charge >= 0.3 is 0 Å². The van der Waals surface area contributed by atoms with Crippen LogP contribution in [0.3, 0.4) is 0 Å². The average Bonchev–Trinajstić information content (AvgIpc) is 2.33. The topological polar surface area (TPSA) is 29.3 Å². The van der Waals surface area contributed by atoms with E-state index in [-0.39, 0.29) is 6.04 Å². The van der Waals surface area contributed by atoms with Gasteiger partial charge in [0.2, 0.25) is 0 Å². The third-order valence-corrected chi connectivity index (χ3v) is 3.56. The summed E-state index contributed by atoms with van der Waals surface area (Å²) in [7, 11) is 0. The molecule has 2 nitrogen and oxygen atoms in total. The Morgan fingerprint density at radius 1 is 1.25 bits per heavy atom. The fraction of sp³-hybridized carbons (Fsp3) is 0.571. The first-order valence-corrected chi connectivity index (χ1v) is 6.28. The van der Waals surface area contributed by atoms with E-state index in [2.05, 4.69) is 36.1 Å². The van der Waals surface area contributed by atoms with Crippen molar-refractivity contribution in [3.63, 3.8) is 0 Å². The van der Waals surface area contributed by atoms with E-state index in [0.29, 0.717) is 0 Å². The average molecular weight is 218 g/mol. The highest BCUT2D eigenvalue weighted by Crippen LogP contribution is 2.18. The van der Waals surface area contributed by atoms with Crippen LogP contribution in [0.5, 0.6) is 0 Å². The molecular formula is C14H22N2. The smallest absolute Gasteiger partial charge is 0.0424 e. The lowest BCUT2D eigenvalue weighted by atomic mass is 9.98. The minimum atomic E-state index is 0.162. The zero-order chi connectivity index (χ0) is 11.4. The lowest BCUT2D eigenvalue weighted by Gasteiger charge is -2.32. The van der Waals surface area contributed by atoms with Gasteiger partial charge in [0, 0.05) is 12.6 Å². The van der Waals surface area contributed by atoms with E-state index in [1.807, 2.05) is 6.07 Å². The van der Waals surface area contributed by atoms with Gasteiger partial charge in [-0.1, -0.05) is 37.3 Å². The van der Waals surface area contributed by atoms with Gasteiger partial charge in [0.1, 0.15) is 0 Å². The van der Waals surface area contributed by atoms with Gasteiger partial charge in [-0.2, -0.15) is 0 Å². The Bertz CT molecular complexity index is 302. The van der Waals surface area contributed by atoms with Crippen LogP contribution < -0.4 is 5.73 Å². The van der Waals surface area contributed by atoms with E-state index in [9.17, 15) is 0 Å². The van der Waals surface area contributed by atoms with Gasteiger partial charge in [0.15, 0.2) is 0 Å². The minimum Gasteiger partial charge on any atom is -0.323 e. The molecule has 88 valence electrons. The first kappa shape index (κ1) is 11.6. The van der Waals surface area contributed by atoms with Gasteiger partial charge in [0.25, 0.3) is 0 Å². The standard InChI is InChI=1S/C14H22N2/c1-12-7-9-16(10-8-12)11-14(15)13-5-3-2-4-6-13/h2-6,12,14H,7-11,15H2,1H3/t14-/m1/s1. The van der Waals surface area contributed by atoms with Crippen molar-refractivity contribution in [1.29, 1.82) is 0 Å². The molecule has 0 unspecified atom stereocenters. The number of likely N-dealkylation sites (tertiary alicyclic amines) is 1. The van der Waals surface area contributed by atoms with Crippen LogP contribution in [0.1, 0.15) is 31.4 Å². The lowest BCUT2D eigenvalue weighted by molar-refractivity contribution is 0.183. The molecule has 1 fully saturated rings. The molecule has 0 aromatic heterocycles. The van der Waals surface area contributed by atoms with E-state index in [1.165, 1.54) is 31.5 Å². The molecular weight excluding hydrogens is 196 g/mol. The van der Waals surface area contributed by atoms with Gasteiger partial charge in [-0.25, -0.2) is 0 Å². The summed E-state index contributed by atoms with van der Waals surface area (Å²) in [6.07, 6.45) is 2.64. The van der Waals surface area contributed by atoms with Crippen molar-refractivity contribution in [3.05, 3.63) is 35.9 Å². The summed E-state index contributed by atoms with van der Waals surface area (Å²) in [5, 5.41) is 0. The second-order valence-corrected chi connectivity index (χ2v) is 5.00. The van der Waals surface area contributed by atoms with E-state index in [0.717, 1.165) is 12.5 Å². The summed E-state index contributed by atoms with van der Waals surface area (Å²) in [6.45, 7) is 5.76. The maximum absolute atomic E-state index is 6.22. The molecule has 1 aromatic rings. The highest BCUT2D eigenvalue weighted by Gasteiger charge is 2.18. The maximum Gasteiger partial charge on any atom is 0.0424 e. The van der Waals surface area contributed by atoms with Crippen LogP contribution >= 0.6 is 0 Å². The van der Waals surface area contributed by atoms with Crippen molar-refractivity contribution in [2.24, 2.45) is 11.7 Å². The Morgan fingerprint density at radius 2 is 1.88 bits per heavy atom. The third kappa shape index (κ3) is 3.06. The van der Waals surface area contributed by atoms with E-state index < -0.39 is 0 Å². The minimum absolute atomic E-state index is 0.162. The number of benzene rings is 1. The molecule has 0 saturated carbocycles. The molecule has 1 aliphatic rings. The molecule has 1 aliphatic heterocycles. The summed E-state index contributed by atoms with van der Waals surface area (Å²) in [5.41, 5.74) is 7.47. The normalized spacial score (nSPS) is 20.9. The zero-order valence-electron chi connectivity index (χ0n) is 10.1. The van der Waals surface area contributed by atoms with Crippen molar-refractivity contribution in [3.8, 4) is 0 Å². The van der Waals surface area contributed by atoms with Crippen LogP contribution in [-0.2, 0) is 0 Å². The van der Waals surface area contributed by atoms with Crippen molar-refractivity contribution in [2.45, 2.75) is 25.8 Å². The van der Waals surface area contributed by atoms with Crippen LogP contribution in [0.4, 0.5) is 0 Å². The first-order valence-electron chi connectivity index (χ1n) is 6.28. The second kappa shape index (κ2) is 5.46. The van der Waals surface area contributed by atoms with Crippen LogP contribution in [0, 0.1) is 5.92 Å². The third-order valence-electron chi connectivity index (χ3n) is 3.56. The summed E-state index contributed by atoms with van der Waals surface area (Å²) in [5.74, 6) is 0.893. The molecule has 2 rings (SSSR count). The number of nitrogens with zero attached hydrogens (tertiary/aromatic N) is 1. The lowest BCUT2D eigenvalue weighted by Crippen LogP contribution is -2.38. The van der Waals surface area contributed by atoms with Gasteiger partial charge in [-0.3, -0.25) is 0 Å². The maximum atomic E-state index is 6.22. The molecule has 0 spiro atoms. The van der Waals surface area contributed by atoms with Crippen LogP contribution in [0.2, 0.25) is 0 Å². The number of hydrogen-bond donors (Lipinski definition) is 1. The molecule has 0 radical (unpaired) electrons. The summed E-state index contributed by atoms with van der Waals surface area (Å²) >= 11 is 0. The van der Waals surface area contributed by atoms with Gasteiger partial charge in [-0.15, -0.1) is 0 Å². The Balaban J connectivity index is 1.86. The molecule has 1 heterocycles. The summed E-state index contributed by atoms with van der Waals surface area (Å²) < 4.78 is 0. The van der Waals surface area contributed by atoms with Crippen LogP contribution in [0.25, 0.3) is 0 Å². The summed E-state index contributed by atoms with van der Waals surface area (Å²) in [6, 6.07) is 10.6. The Morgan fingerprint density at radius 3 is 2.50 bits per heavy atom. The Kier molecular flexibility index (Phi) is 3.97. The van der Waals surface area contributed by atoms with Crippen molar-refractivity contribution in [2.75, 3.05) is 19.6 Å². The van der Waals surface area contributed by atoms with Crippen LogP contribution in [-0.4, -0.2) is 24.5 Å². The SMILES string of the molecule is CC1CCN(C[C@@H](N)c2ccccc2)CC1. The second-order valence-electron chi connectivity index (χ2n) is 5.00. The highest BCUT2D eigenvalue weighted by molar-refractivity contribution is 5.18. The van der Waals surface area contributed by atoms with Crippen LogP contribution in [0.15, 0.2) is 30.3 Å². The fourth-order valence-corrected chi connectivity index (χ4v) is 2.33. The van der Waals surface area contributed by atoms with Crippen molar-refractivity contribution < 1.29 is 0 Å². The molecule has 2 heteroatoms. The monoisotopic (exact) mass is 218 g/mol. The Hall–Kier alpha value is -0.860.